The number of nitrogens with one attached hydrogen (secondary N) is 2. The Morgan fingerprint density at radius 1 is 0.971 bits per heavy atom. The van der Waals surface area contributed by atoms with E-state index in [0.29, 0.717) is 23.3 Å². The first kappa shape index (κ1) is 21.6. The van der Waals surface area contributed by atoms with Crippen LogP contribution in [0.15, 0.2) is 71.3 Å². The SMILES string of the molecule is COC(=O)C1(c2ccc(Nc3nc(Nc4cc(C)on4)cc(-c4ccccc4)n3)cc2)CCC1. The third kappa shape index (κ3) is 4.22. The predicted molar refractivity (Wildman–Crippen MR) is 129 cm³/mol. The molecule has 5 rings (SSSR count). The van der Waals surface area contributed by atoms with Crippen LogP contribution in [0.3, 0.4) is 0 Å². The van der Waals surface area contributed by atoms with Crippen LogP contribution in [0.2, 0.25) is 0 Å². The van der Waals surface area contributed by atoms with Crippen LogP contribution in [0.1, 0.15) is 30.6 Å². The van der Waals surface area contributed by atoms with Gasteiger partial charge in [-0.1, -0.05) is 54.0 Å². The van der Waals surface area contributed by atoms with Crippen LogP contribution in [-0.4, -0.2) is 28.2 Å². The summed E-state index contributed by atoms with van der Waals surface area (Å²) < 4.78 is 10.2. The van der Waals surface area contributed by atoms with Gasteiger partial charge in [-0.25, -0.2) is 4.98 Å². The van der Waals surface area contributed by atoms with Crippen molar-refractivity contribution in [2.45, 2.75) is 31.6 Å². The lowest BCUT2D eigenvalue weighted by Crippen LogP contribution is -2.43. The maximum Gasteiger partial charge on any atom is 0.316 e. The molecule has 0 amide bonds. The van der Waals surface area contributed by atoms with Gasteiger partial charge in [0.15, 0.2) is 5.82 Å². The average molecular weight is 456 g/mol. The van der Waals surface area contributed by atoms with E-state index < -0.39 is 5.41 Å². The molecule has 8 heteroatoms. The monoisotopic (exact) mass is 455 g/mol. The molecule has 1 saturated carbocycles. The number of anilines is 4. The van der Waals surface area contributed by atoms with Gasteiger partial charge in [-0.15, -0.1) is 0 Å². The highest BCUT2D eigenvalue weighted by atomic mass is 16.5. The van der Waals surface area contributed by atoms with Crippen molar-refractivity contribution in [2.24, 2.45) is 0 Å². The van der Waals surface area contributed by atoms with E-state index in [9.17, 15) is 4.79 Å². The molecule has 34 heavy (non-hydrogen) atoms. The Kier molecular flexibility index (Phi) is 5.71. The number of carbonyl (C=O) groups is 1. The van der Waals surface area contributed by atoms with E-state index in [-0.39, 0.29) is 5.97 Å². The lowest BCUT2D eigenvalue weighted by molar-refractivity contribution is -0.151. The average Bonchev–Trinajstić information content (AvgIpc) is 3.24. The Morgan fingerprint density at radius 2 is 1.74 bits per heavy atom. The highest BCUT2D eigenvalue weighted by molar-refractivity contribution is 5.84. The Labute approximate surface area is 197 Å². The molecule has 1 aliphatic rings. The Bertz CT molecular complexity index is 1300. The van der Waals surface area contributed by atoms with Gasteiger partial charge < -0.3 is 19.9 Å². The maximum absolute atomic E-state index is 12.4. The molecule has 0 bridgehead atoms. The second kappa shape index (κ2) is 8.97. The van der Waals surface area contributed by atoms with Gasteiger partial charge in [-0.05, 0) is 37.5 Å². The summed E-state index contributed by atoms with van der Waals surface area (Å²) in [7, 11) is 1.45. The summed E-state index contributed by atoms with van der Waals surface area (Å²) >= 11 is 0. The van der Waals surface area contributed by atoms with Gasteiger partial charge in [0, 0.05) is 23.4 Å². The topological polar surface area (TPSA) is 102 Å². The number of carbonyl (C=O) groups excluding carboxylic acids is 1. The molecule has 0 atom stereocenters. The number of aromatic nitrogens is 3. The second-order valence-corrected chi connectivity index (χ2v) is 8.41. The minimum atomic E-state index is -0.524. The number of aryl methyl sites for hydroxylation is 1. The lowest BCUT2D eigenvalue weighted by Gasteiger charge is -2.39. The maximum atomic E-state index is 12.4. The second-order valence-electron chi connectivity index (χ2n) is 8.41. The number of ether oxygens (including phenoxy) is 1. The van der Waals surface area contributed by atoms with E-state index in [1.807, 2.05) is 67.6 Å². The van der Waals surface area contributed by atoms with Crippen molar-refractivity contribution in [1.29, 1.82) is 0 Å². The van der Waals surface area contributed by atoms with Crippen molar-refractivity contribution in [1.82, 2.24) is 15.1 Å². The fourth-order valence-electron chi connectivity index (χ4n) is 4.22. The summed E-state index contributed by atoms with van der Waals surface area (Å²) in [5.74, 6) is 2.12. The van der Waals surface area contributed by atoms with Gasteiger partial charge in [0.05, 0.1) is 18.2 Å². The number of hydrogen-bond acceptors (Lipinski definition) is 8. The first-order valence-corrected chi connectivity index (χ1v) is 11.2. The first-order valence-electron chi connectivity index (χ1n) is 11.2. The molecule has 0 spiro atoms. The summed E-state index contributed by atoms with van der Waals surface area (Å²) in [5.41, 5.74) is 2.99. The zero-order valence-corrected chi connectivity index (χ0v) is 19.0. The quantitative estimate of drug-likeness (QED) is 0.351. The molecule has 4 aromatic rings. The van der Waals surface area contributed by atoms with Crippen LogP contribution in [0.5, 0.6) is 0 Å². The smallest absolute Gasteiger partial charge is 0.316 e. The molecular weight excluding hydrogens is 430 g/mol. The molecule has 2 heterocycles. The van der Waals surface area contributed by atoms with Crippen LogP contribution in [0.4, 0.5) is 23.3 Å². The van der Waals surface area contributed by atoms with Gasteiger partial charge in [-0.3, -0.25) is 4.79 Å². The number of esters is 1. The highest BCUT2D eigenvalue weighted by Gasteiger charge is 2.46. The fraction of sp³-hybridized carbons (Fsp3) is 0.231. The van der Waals surface area contributed by atoms with Gasteiger partial charge in [0.1, 0.15) is 11.6 Å². The highest BCUT2D eigenvalue weighted by Crippen LogP contribution is 2.45. The van der Waals surface area contributed by atoms with Gasteiger partial charge in [0.2, 0.25) is 5.95 Å². The van der Waals surface area contributed by atoms with Crippen molar-refractivity contribution in [3.63, 3.8) is 0 Å². The molecule has 172 valence electrons. The number of benzene rings is 2. The summed E-state index contributed by atoms with van der Waals surface area (Å²) in [5, 5.41) is 10.4. The molecule has 1 aliphatic carbocycles. The minimum absolute atomic E-state index is 0.169. The van der Waals surface area contributed by atoms with E-state index in [1.54, 1.807) is 6.07 Å². The standard InChI is InChI=1S/C26H25N5O3/c1-17-15-23(31-34-17)29-22-16-21(18-7-4-3-5-8-18)28-25(30-22)27-20-11-9-19(10-12-20)26(13-6-14-26)24(32)33-2/h3-5,7-12,15-16H,6,13-14H2,1-2H3,(H2,27,28,29,30,31). The Morgan fingerprint density at radius 3 is 2.35 bits per heavy atom. The molecule has 0 saturated heterocycles. The molecule has 0 aliphatic heterocycles. The van der Waals surface area contributed by atoms with Gasteiger partial charge >= 0.3 is 5.97 Å². The predicted octanol–water partition coefficient (Wildman–Crippen LogP) is 5.52. The molecule has 1 fully saturated rings. The molecule has 8 nitrogen and oxygen atoms in total. The largest absolute Gasteiger partial charge is 0.468 e. The van der Waals surface area contributed by atoms with Crippen molar-refractivity contribution in [3.8, 4) is 11.3 Å². The summed E-state index contributed by atoms with van der Waals surface area (Å²) in [4.78, 5) is 21.7. The third-order valence-corrected chi connectivity index (χ3v) is 6.16. The fourth-order valence-corrected chi connectivity index (χ4v) is 4.22. The van der Waals surface area contributed by atoms with Crippen LogP contribution in [0, 0.1) is 6.92 Å². The van der Waals surface area contributed by atoms with E-state index in [1.165, 1.54) is 7.11 Å². The van der Waals surface area contributed by atoms with Crippen molar-refractivity contribution >= 4 is 29.2 Å². The van der Waals surface area contributed by atoms with Gasteiger partial charge in [-0.2, -0.15) is 4.98 Å². The minimum Gasteiger partial charge on any atom is -0.468 e. The zero-order chi connectivity index (χ0) is 23.5. The van der Waals surface area contributed by atoms with E-state index >= 15 is 0 Å². The normalized spacial score (nSPS) is 14.2. The third-order valence-electron chi connectivity index (χ3n) is 6.16. The van der Waals surface area contributed by atoms with Crippen LogP contribution in [-0.2, 0) is 14.9 Å². The van der Waals surface area contributed by atoms with Crippen molar-refractivity contribution in [3.05, 3.63) is 78.1 Å². The van der Waals surface area contributed by atoms with Crippen LogP contribution < -0.4 is 10.6 Å². The number of methoxy groups -OCH3 is 1. The van der Waals surface area contributed by atoms with Gasteiger partial charge in [0.25, 0.3) is 0 Å². The summed E-state index contributed by atoms with van der Waals surface area (Å²) in [6.07, 6.45) is 2.65. The number of nitrogens with zero attached hydrogens (tertiary/aromatic N) is 3. The first-order chi connectivity index (χ1) is 16.6. The molecule has 0 radical (unpaired) electrons. The van der Waals surface area contributed by atoms with Crippen molar-refractivity contribution < 1.29 is 14.1 Å². The zero-order valence-electron chi connectivity index (χ0n) is 19.0. The molecular formula is C26H25N5O3. The van der Waals surface area contributed by atoms with E-state index in [0.717, 1.165) is 41.8 Å². The van der Waals surface area contributed by atoms with Crippen LogP contribution in [0.25, 0.3) is 11.3 Å². The summed E-state index contributed by atoms with van der Waals surface area (Å²) in [6.45, 7) is 1.83. The molecule has 2 aromatic heterocycles. The van der Waals surface area contributed by atoms with E-state index in [4.69, 9.17) is 14.2 Å². The Balaban J connectivity index is 1.43. The van der Waals surface area contributed by atoms with Crippen LogP contribution >= 0.6 is 0 Å². The number of rotatable bonds is 7. The molecule has 2 aromatic carbocycles. The van der Waals surface area contributed by atoms with Crippen molar-refractivity contribution in [2.75, 3.05) is 17.7 Å². The molecule has 0 unspecified atom stereocenters. The Hall–Kier alpha value is -4.20. The molecule has 2 N–H and O–H groups in total. The lowest BCUT2D eigenvalue weighted by atomic mass is 9.64. The number of hydrogen-bond donors (Lipinski definition) is 2. The summed E-state index contributed by atoms with van der Waals surface area (Å²) in [6, 6.07) is 21.4. The van der Waals surface area contributed by atoms with E-state index in [2.05, 4.69) is 20.8 Å².